The van der Waals surface area contributed by atoms with Crippen LogP contribution in [0.15, 0.2) is 17.0 Å². The molecule has 1 aliphatic rings. The van der Waals surface area contributed by atoms with Crippen molar-refractivity contribution in [1.29, 1.82) is 0 Å². The Morgan fingerprint density at radius 2 is 2.09 bits per heavy atom. The van der Waals surface area contributed by atoms with E-state index in [0.29, 0.717) is 18.4 Å². The van der Waals surface area contributed by atoms with E-state index in [-0.39, 0.29) is 34.4 Å². The van der Waals surface area contributed by atoms with Crippen molar-refractivity contribution in [2.45, 2.75) is 43.7 Å². The molecule has 130 valence electrons. The first-order valence-electron chi connectivity index (χ1n) is 6.91. The minimum Gasteiger partial charge on any atom is -0.314 e. The number of rotatable bonds is 4. The molecule has 23 heavy (non-hydrogen) atoms. The molecule has 2 rings (SSSR count). The first-order chi connectivity index (χ1) is 10.2. The number of nitro groups is 1. The third-order valence-corrected chi connectivity index (χ3v) is 5.65. The van der Waals surface area contributed by atoms with E-state index in [9.17, 15) is 18.5 Å². The number of hydrogen-bond donors (Lipinski definition) is 2. The molecule has 0 aromatic heterocycles. The second kappa shape index (κ2) is 7.76. The van der Waals surface area contributed by atoms with Gasteiger partial charge in [0.1, 0.15) is 9.92 Å². The zero-order valence-electron chi connectivity index (χ0n) is 12.7. The number of sulfonamides is 1. The number of hydrogen-bond acceptors (Lipinski definition) is 5. The number of nitrogens with one attached hydrogen (secondary N) is 2. The van der Waals surface area contributed by atoms with Crippen molar-refractivity contribution in [3.8, 4) is 0 Å². The van der Waals surface area contributed by atoms with Crippen LogP contribution in [0.3, 0.4) is 0 Å². The quantitative estimate of drug-likeness (QED) is 0.613. The highest BCUT2D eigenvalue weighted by molar-refractivity contribution is 7.89. The third-order valence-electron chi connectivity index (χ3n) is 3.60. The largest absolute Gasteiger partial charge is 0.314 e. The number of nitrogens with zero attached hydrogens (tertiary/aromatic N) is 1. The highest BCUT2D eigenvalue weighted by Crippen LogP contribution is 2.32. The predicted octanol–water partition coefficient (Wildman–Crippen LogP) is 2.40. The third kappa shape index (κ3) is 4.77. The monoisotopic (exact) mass is 383 g/mol. The van der Waals surface area contributed by atoms with Crippen LogP contribution >= 0.6 is 24.0 Å². The number of halogens is 2. The summed E-state index contributed by atoms with van der Waals surface area (Å²) in [5, 5.41) is 13.9. The number of piperidine rings is 1. The SMILES string of the molecule is Cc1cc([N+](=O)[O-])c(Cl)c(S(=O)(=O)NC2CCNC(C)C2)c1.Cl. The zero-order valence-corrected chi connectivity index (χ0v) is 15.1. The molecule has 0 bridgehead atoms. The molecule has 0 spiro atoms. The molecule has 0 radical (unpaired) electrons. The van der Waals surface area contributed by atoms with Crippen molar-refractivity contribution in [3.63, 3.8) is 0 Å². The molecule has 2 atom stereocenters. The molecule has 7 nitrogen and oxygen atoms in total. The lowest BCUT2D eigenvalue weighted by Crippen LogP contribution is -2.46. The van der Waals surface area contributed by atoms with E-state index in [1.807, 2.05) is 6.92 Å². The normalized spacial score (nSPS) is 21.5. The minimum absolute atomic E-state index is 0. The fourth-order valence-electron chi connectivity index (χ4n) is 2.57. The molecule has 0 amide bonds. The van der Waals surface area contributed by atoms with Gasteiger partial charge in [-0.3, -0.25) is 10.1 Å². The van der Waals surface area contributed by atoms with E-state index in [0.717, 1.165) is 6.54 Å². The Balaban J connectivity index is 0.00000264. The van der Waals surface area contributed by atoms with Gasteiger partial charge < -0.3 is 5.32 Å². The van der Waals surface area contributed by atoms with Gasteiger partial charge >= 0.3 is 0 Å². The molecular formula is C13H19Cl2N3O4S. The molecule has 1 aromatic carbocycles. The van der Waals surface area contributed by atoms with Gasteiger partial charge in [0.25, 0.3) is 5.69 Å². The highest BCUT2D eigenvalue weighted by Gasteiger charge is 2.29. The molecule has 0 saturated carbocycles. The van der Waals surface area contributed by atoms with Crippen LogP contribution in [0.25, 0.3) is 0 Å². The summed E-state index contributed by atoms with van der Waals surface area (Å²) in [6.45, 7) is 4.29. The number of benzene rings is 1. The molecule has 1 heterocycles. The second-order valence-corrected chi connectivity index (χ2v) is 7.61. The van der Waals surface area contributed by atoms with E-state index in [1.165, 1.54) is 12.1 Å². The number of aryl methyl sites for hydroxylation is 1. The summed E-state index contributed by atoms with van der Waals surface area (Å²) in [6, 6.07) is 2.61. The van der Waals surface area contributed by atoms with Gasteiger partial charge in [-0.15, -0.1) is 12.4 Å². The fourth-order valence-corrected chi connectivity index (χ4v) is 4.51. The maximum absolute atomic E-state index is 12.5. The van der Waals surface area contributed by atoms with Gasteiger partial charge in [0, 0.05) is 18.2 Å². The zero-order chi connectivity index (χ0) is 16.5. The van der Waals surface area contributed by atoms with Crippen LogP contribution in [-0.2, 0) is 10.0 Å². The first-order valence-corrected chi connectivity index (χ1v) is 8.77. The summed E-state index contributed by atoms with van der Waals surface area (Å²) >= 11 is 5.93. The van der Waals surface area contributed by atoms with Gasteiger partial charge in [0.15, 0.2) is 0 Å². The van der Waals surface area contributed by atoms with E-state index in [4.69, 9.17) is 11.6 Å². The average molecular weight is 384 g/mol. The number of nitro benzene ring substituents is 1. The van der Waals surface area contributed by atoms with E-state index in [1.54, 1.807) is 6.92 Å². The van der Waals surface area contributed by atoms with Gasteiger partial charge in [-0.05, 0) is 44.9 Å². The first kappa shape index (κ1) is 20.1. The van der Waals surface area contributed by atoms with Gasteiger partial charge in [-0.1, -0.05) is 11.6 Å². The Morgan fingerprint density at radius 1 is 1.43 bits per heavy atom. The Hall–Kier alpha value is -0.930. The van der Waals surface area contributed by atoms with Crippen molar-refractivity contribution in [2.75, 3.05) is 6.54 Å². The molecule has 1 aromatic rings. The van der Waals surface area contributed by atoms with Gasteiger partial charge in [-0.25, -0.2) is 13.1 Å². The van der Waals surface area contributed by atoms with E-state index < -0.39 is 20.6 Å². The Kier molecular flexibility index (Phi) is 6.79. The summed E-state index contributed by atoms with van der Waals surface area (Å²) in [4.78, 5) is 10.1. The summed E-state index contributed by atoms with van der Waals surface area (Å²) in [7, 11) is -3.91. The van der Waals surface area contributed by atoms with Crippen molar-refractivity contribution in [2.24, 2.45) is 0 Å². The molecule has 1 aliphatic heterocycles. The van der Waals surface area contributed by atoms with Crippen molar-refractivity contribution in [1.82, 2.24) is 10.0 Å². The Morgan fingerprint density at radius 3 is 2.65 bits per heavy atom. The maximum atomic E-state index is 12.5. The lowest BCUT2D eigenvalue weighted by Gasteiger charge is -2.28. The van der Waals surface area contributed by atoms with Crippen molar-refractivity contribution in [3.05, 3.63) is 32.8 Å². The van der Waals surface area contributed by atoms with Gasteiger partial charge in [0.05, 0.1) is 4.92 Å². The van der Waals surface area contributed by atoms with Gasteiger partial charge in [0.2, 0.25) is 10.0 Å². The van der Waals surface area contributed by atoms with Crippen LogP contribution in [-0.4, -0.2) is 32.0 Å². The minimum atomic E-state index is -3.91. The second-order valence-electron chi connectivity index (χ2n) is 5.55. The maximum Gasteiger partial charge on any atom is 0.289 e. The topological polar surface area (TPSA) is 101 Å². The van der Waals surface area contributed by atoms with Crippen LogP contribution in [0, 0.1) is 17.0 Å². The van der Waals surface area contributed by atoms with Crippen LogP contribution < -0.4 is 10.0 Å². The van der Waals surface area contributed by atoms with Crippen LogP contribution in [0.2, 0.25) is 5.02 Å². The lowest BCUT2D eigenvalue weighted by molar-refractivity contribution is -0.385. The van der Waals surface area contributed by atoms with Crippen LogP contribution in [0.1, 0.15) is 25.3 Å². The highest BCUT2D eigenvalue weighted by atomic mass is 35.5. The summed E-state index contributed by atoms with van der Waals surface area (Å²) in [5.74, 6) is 0. The molecule has 1 fully saturated rings. The molecule has 2 N–H and O–H groups in total. The molecule has 2 unspecified atom stereocenters. The van der Waals surface area contributed by atoms with E-state index in [2.05, 4.69) is 10.0 Å². The average Bonchev–Trinajstić information content (AvgIpc) is 2.40. The molecular weight excluding hydrogens is 365 g/mol. The molecule has 1 saturated heterocycles. The van der Waals surface area contributed by atoms with Crippen LogP contribution in [0.5, 0.6) is 0 Å². The fraction of sp³-hybridized carbons (Fsp3) is 0.538. The predicted molar refractivity (Wildman–Crippen MR) is 90.9 cm³/mol. The molecule has 10 heteroatoms. The lowest BCUT2D eigenvalue weighted by atomic mass is 10.0. The Labute approximate surface area is 146 Å². The molecule has 0 aliphatic carbocycles. The van der Waals surface area contributed by atoms with Crippen molar-refractivity contribution < 1.29 is 13.3 Å². The van der Waals surface area contributed by atoms with Crippen molar-refractivity contribution >= 4 is 39.7 Å². The standard InChI is InChI=1S/C13H18ClN3O4S.ClH/c1-8-5-11(17(18)19)13(14)12(6-8)22(20,21)16-10-3-4-15-9(2)7-10;/h5-6,9-10,15-16H,3-4,7H2,1-2H3;1H. The van der Waals surface area contributed by atoms with Crippen LogP contribution in [0.4, 0.5) is 5.69 Å². The summed E-state index contributed by atoms with van der Waals surface area (Å²) in [6.07, 6.45) is 1.32. The smallest absolute Gasteiger partial charge is 0.289 e. The Bertz CT molecular complexity index is 697. The van der Waals surface area contributed by atoms with E-state index >= 15 is 0 Å². The summed E-state index contributed by atoms with van der Waals surface area (Å²) < 4.78 is 27.6. The van der Waals surface area contributed by atoms with Gasteiger partial charge in [-0.2, -0.15) is 0 Å². The summed E-state index contributed by atoms with van der Waals surface area (Å²) in [5.41, 5.74) is 0.0656.